The molecule has 1 aromatic carbocycles. The maximum atomic E-state index is 13.3. The van der Waals surface area contributed by atoms with Crippen LogP contribution >= 0.6 is 0 Å². The number of aryl methyl sites for hydroxylation is 1. The molecular weight excluding hydrogens is 336 g/mol. The summed E-state index contributed by atoms with van der Waals surface area (Å²) in [5.74, 6) is -1.58. The van der Waals surface area contributed by atoms with Gasteiger partial charge in [-0.25, -0.2) is 14.2 Å². The van der Waals surface area contributed by atoms with Crippen molar-refractivity contribution in [1.29, 1.82) is 0 Å². The fourth-order valence-corrected chi connectivity index (χ4v) is 2.86. The third-order valence-corrected chi connectivity index (χ3v) is 5.15. The highest BCUT2D eigenvalue weighted by atomic mass is 19.3. The van der Waals surface area contributed by atoms with E-state index in [1.807, 2.05) is 24.3 Å². The van der Waals surface area contributed by atoms with Gasteiger partial charge in [0.05, 0.1) is 5.92 Å². The third kappa shape index (κ3) is 5.27. The van der Waals surface area contributed by atoms with Gasteiger partial charge in [-0.1, -0.05) is 45.4 Å². The Morgan fingerprint density at radius 2 is 2.08 bits per heavy atom. The first-order valence-electron chi connectivity index (χ1n) is 9.09. The van der Waals surface area contributed by atoms with E-state index in [0.29, 0.717) is 5.69 Å². The van der Waals surface area contributed by atoms with Gasteiger partial charge in [-0.2, -0.15) is 0 Å². The lowest BCUT2D eigenvalue weighted by molar-refractivity contribution is -0.114. The molecule has 1 atom stereocenters. The van der Waals surface area contributed by atoms with E-state index in [2.05, 4.69) is 31.5 Å². The first kappa shape index (κ1) is 20.4. The zero-order valence-electron chi connectivity index (χ0n) is 16.0. The van der Waals surface area contributed by atoms with E-state index in [1.54, 1.807) is 12.1 Å². The molecule has 1 unspecified atom stereocenters. The van der Waals surface area contributed by atoms with E-state index in [1.165, 1.54) is 6.20 Å². The van der Waals surface area contributed by atoms with E-state index in [-0.39, 0.29) is 17.5 Å². The number of amides is 1. The molecular formula is C20H29F2N3O. The van der Waals surface area contributed by atoms with Gasteiger partial charge in [0.2, 0.25) is 6.43 Å². The summed E-state index contributed by atoms with van der Waals surface area (Å²) in [6.07, 6.45) is 1.75. The largest absolute Gasteiger partial charge is 0.322 e. The molecule has 1 amide bonds. The summed E-state index contributed by atoms with van der Waals surface area (Å²) in [6.45, 7) is 6.65. The maximum Gasteiger partial charge on any atom is 0.253 e. The van der Waals surface area contributed by atoms with Gasteiger partial charge in [-0.05, 0) is 29.9 Å². The summed E-state index contributed by atoms with van der Waals surface area (Å²) in [6, 6.07) is 7.59. The van der Waals surface area contributed by atoms with Crippen LogP contribution in [0.25, 0.3) is 0 Å². The number of alkyl halides is 2. The average Bonchev–Trinajstić information content (AvgIpc) is 2.60. The topological polar surface area (TPSA) is 44.4 Å². The van der Waals surface area contributed by atoms with E-state index >= 15 is 0 Å². The Bertz CT molecular complexity index is 658. The Morgan fingerprint density at radius 1 is 1.38 bits per heavy atom. The molecule has 0 aromatic heterocycles. The molecule has 0 saturated heterocycles. The van der Waals surface area contributed by atoms with Crippen LogP contribution in [0.15, 0.2) is 36.0 Å². The fourth-order valence-electron chi connectivity index (χ4n) is 2.86. The molecule has 2 N–H and O–H groups in total. The second kappa shape index (κ2) is 8.62. The van der Waals surface area contributed by atoms with Crippen LogP contribution in [-0.2, 0) is 11.2 Å². The number of anilines is 1. The predicted molar refractivity (Wildman–Crippen MR) is 101 cm³/mol. The molecule has 0 fully saturated rings. The Kier molecular flexibility index (Phi) is 6.75. The van der Waals surface area contributed by atoms with Crippen LogP contribution < -0.4 is 10.7 Å². The van der Waals surface area contributed by atoms with Crippen LogP contribution in [0.3, 0.4) is 0 Å². The zero-order valence-corrected chi connectivity index (χ0v) is 16.0. The Labute approximate surface area is 154 Å². The van der Waals surface area contributed by atoms with Crippen molar-refractivity contribution in [2.24, 2.45) is 11.3 Å². The smallest absolute Gasteiger partial charge is 0.253 e. The molecule has 26 heavy (non-hydrogen) atoms. The number of benzene rings is 1. The fraction of sp³-hybridized carbons (Fsp3) is 0.550. The van der Waals surface area contributed by atoms with Crippen molar-refractivity contribution in [2.75, 3.05) is 18.9 Å². The standard InChI is InChI=1S/C20H29F2N3O/c1-5-20(2,3)11-10-14-8-6-7-9-17(14)24-19(26)16-13-25(4)23-12-15(16)18(21)22/h6-9,13,15,18,23H,5,10-12H2,1-4H3,(H,24,26). The molecule has 4 nitrogen and oxygen atoms in total. The highest BCUT2D eigenvalue weighted by molar-refractivity contribution is 6.04. The van der Waals surface area contributed by atoms with Crippen molar-refractivity contribution in [3.63, 3.8) is 0 Å². The van der Waals surface area contributed by atoms with Crippen LogP contribution in [-0.4, -0.2) is 30.9 Å². The summed E-state index contributed by atoms with van der Waals surface area (Å²) in [7, 11) is 1.69. The second-order valence-electron chi connectivity index (χ2n) is 7.63. The summed E-state index contributed by atoms with van der Waals surface area (Å²) in [5, 5.41) is 4.39. The van der Waals surface area contributed by atoms with Crippen molar-refractivity contribution in [2.45, 2.75) is 46.5 Å². The summed E-state index contributed by atoms with van der Waals surface area (Å²) < 4.78 is 26.6. The number of nitrogens with zero attached hydrogens (tertiary/aromatic N) is 1. The molecule has 0 spiro atoms. The maximum absolute atomic E-state index is 13.3. The third-order valence-electron chi connectivity index (χ3n) is 5.15. The molecule has 0 aliphatic carbocycles. The minimum absolute atomic E-state index is 0.0414. The number of carbonyl (C=O) groups is 1. The summed E-state index contributed by atoms with van der Waals surface area (Å²) in [5.41, 5.74) is 4.86. The van der Waals surface area contributed by atoms with E-state index in [4.69, 9.17) is 0 Å². The van der Waals surface area contributed by atoms with Crippen LogP contribution in [0, 0.1) is 11.3 Å². The first-order valence-corrected chi connectivity index (χ1v) is 9.09. The molecule has 1 heterocycles. The SMILES string of the molecule is CCC(C)(C)CCc1ccccc1NC(=O)C1=CN(C)NCC1C(F)F. The van der Waals surface area contributed by atoms with E-state index in [0.717, 1.165) is 24.8 Å². The average molecular weight is 365 g/mol. The summed E-state index contributed by atoms with van der Waals surface area (Å²) >= 11 is 0. The molecule has 144 valence electrons. The van der Waals surface area contributed by atoms with Gasteiger partial charge in [0, 0.05) is 31.1 Å². The van der Waals surface area contributed by atoms with Gasteiger partial charge in [0.1, 0.15) is 0 Å². The monoisotopic (exact) mass is 365 g/mol. The van der Waals surface area contributed by atoms with Crippen LogP contribution in [0.2, 0.25) is 0 Å². The van der Waals surface area contributed by atoms with Gasteiger partial charge in [0.15, 0.2) is 0 Å². The molecule has 1 aliphatic heterocycles. The highest BCUT2D eigenvalue weighted by Crippen LogP contribution is 2.29. The van der Waals surface area contributed by atoms with Crippen LogP contribution in [0.4, 0.5) is 14.5 Å². The van der Waals surface area contributed by atoms with Crippen molar-refractivity contribution >= 4 is 11.6 Å². The Balaban J connectivity index is 2.16. The molecule has 0 saturated carbocycles. The van der Waals surface area contributed by atoms with E-state index < -0.39 is 18.3 Å². The number of carbonyl (C=O) groups excluding carboxylic acids is 1. The van der Waals surface area contributed by atoms with Crippen LogP contribution in [0.1, 0.15) is 39.2 Å². The lowest BCUT2D eigenvalue weighted by Gasteiger charge is -2.30. The number of halogens is 2. The number of hydrogen-bond donors (Lipinski definition) is 2. The quantitative estimate of drug-likeness (QED) is 0.761. The lowest BCUT2D eigenvalue weighted by Crippen LogP contribution is -2.44. The summed E-state index contributed by atoms with van der Waals surface area (Å²) in [4.78, 5) is 12.7. The number of para-hydroxylation sites is 1. The van der Waals surface area contributed by atoms with Gasteiger partial charge in [-0.15, -0.1) is 0 Å². The lowest BCUT2D eigenvalue weighted by atomic mass is 9.83. The van der Waals surface area contributed by atoms with Crippen molar-refractivity contribution < 1.29 is 13.6 Å². The molecule has 6 heteroatoms. The normalized spacial score (nSPS) is 18.0. The molecule has 2 rings (SSSR count). The molecule has 1 aliphatic rings. The second-order valence-corrected chi connectivity index (χ2v) is 7.63. The van der Waals surface area contributed by atoms with Crippen molar-refractivity contribution in [1.82, 2.24) is 10.4 Å². The van der Waals surface area contributed by atoms with Crippen molar-refractivity contribution in [3.8, 4) is 0 Å². The van der Waals surface area contributed by atoms with Gasteiger partial charge in [0.25, 0.3) is 5.91 Å². The molecule has 0 radical (unpaired) electrons. The number of nitrogens with one attached hydrogen (secondary N) is 2. The number of hydrazine groups is 1. The van der Waals surface area contributed by atoms with Gasteiger partial charge < -0.3 is 10.3 Å². The van der Waals surface area contributed by atoms with Crippen molar-refractivity contribution in [3.05, 3.63) is 41.6 Å². The molecule has 0 bridgehead atoms. The molecule has 1 aromatic rings. The number of hydrogen-bond acceptors (Lipinski definition) is 3. The first-order chi connectivity index (χ1) is 12.2. The number of rotatable bonds is 7. The minimum atomic E-state index is -2.59. The highest BCUT2D eigenvalue weighted by Gasteiger charge is 2.32. The zero-order chi connectivity index (χ0) is 19.3. The van der Waals surface area contributed by atoms with Gasteiger partial charge in [-0.3, -0.25) is 4.79 Å². The van der Waals surface area contributed by atoms with E-state index in [9.17, 15) is 13.6 Å². The van der Waals surface area contributed by atoms with Crippen LogP contribution in [0.5, 0.6) is 0 Å². The minimum Gasteiger partial charge on any atom is -0.322 e. The Morgan fingerprint density at radius 3 is 2.73 bits per heavy atom. The predicted octanol–water partition coefficient (Wildman–Crippen LogP) is 4.21. The van der Waals surface area contributed by atoms with Gasteiger partial charge >= 0.3 is 0 Å². The Hall–Kier alpha value is -1.95.